The lowest BCUT2D eigenvalue weighted by Gasteiger charge is -2.32. The predicted molar refractivity (Wildman–Crippen MR) is 72.5 cm³/mol. The van der Waals surface area contributed by atoms with Crippen molar-refractivity contribution in [3.8, 4) is 0 Å². The Bertz CT molecular complexity index is 515. The van der Waals surface area contributed by atoms with Crippen LogP contribution in [-0.4, -0.2) is 24.6 Å². The molecule has 0 N–H and O–H groups in total. The minimum absolute atomic E-state index is 0.0806. The minimum atomic E-state index is -0.807. The van der Waals surface area contributed by atoms with Crippen molar-refractivity contribution in [2.24, 2.45) is 0 Å². The van der Waals surface area contributed by atoms with E-state index in [2.05, 4.69) is 0 Å². The van der Waals surface area contributed by atoms with Gasteiger partial charge in [-0.1, -0.05) is 11.6 Å². The first-order valence-electron chi connectivity index (χ1n) is 5.98. The number of aldehydes is 1. The van der Waals surface area contributed by atoms with Gasteiger partial charge in [0.25, 0.3) is 0 Å². The molecule has 3 nitrogen and oxygen atoms in total. The summed E-state index contributed by atoms with van der Waals surface area (Å²) in [6, 6.07) is 2.59. The van der Waals surface area contributed by atoms with Crippen molar-refractivity contribution in [3.05, 3.63) is 28.5 Å². The Morgan fingerprint density at radius 3 is 2.21 bits per heavy atom. The van der Waals surface area contributed by atoms with Gasteiger partial charge in [0.1, 0.15) is 5.82 Å². The third-order valence-corrected chi connectivity index (χ3v) is 3.97. The number of carbonyl (C=O) groups excluding carboxylic acids is 1. The lowest BCUT2D eigenvalue weighted by molar-refractivity contribution is 0.00578. The summed E-state index contributed by atoms with van der Waals surface area (Å²) in [7, 11) is -0.807. The van der Waals surface area contributed by atoms with Crippen molar-refractivity contribution in [3.63, 3.8) is 0 Å². The van der Waals surface area contributed by atoms with Crippen LogP contribution >= 0.6 is 11.6 Å². The molecule has 1 aromatic rings. The van der Waals surface area contributed by atoms with Crippen LogP contribution in [-0.2, 0) is 9.31 Å². The first-order chi connectivity index (χ1) is 8.68. The number of hydrogen-bond donors (Lipinski definition) is 0. The second-order valence-corrected chi connectivity index (χ2v) is 6.03. The lowest BCUT2D eigenvalue weighted by Crippen LogP contribution is -2.41. The zero-order chi connectivity index (χ0) is 14.4. The molecular formula is C13H15BClFO3. The highest BCUT2D eigenvalue weighted by Gasteiger charge is 2.52. The molecule has 0 aliphatic carbocycles. The maximum absolute atomic E-state index is 13.7. The van der Waals surface area contributed by atoms with Crippen LogP contribution in [0, 0.1) is 5.82 Å². The number of halogens is 2. The summed E-state index contributed by atoms with van der Waals surface area (Å²) in [5.74, 6) is -0.674. The molecule has 0 radical (unpaired) electrons. The fourth-order valence-corrected chi connectivity index (χ4v) is 2.11. The molecule has 0 saturated carbocycles. The van der Waals surface area contributed by atoms with Crippen LogP contribution in [0.15, 0.2) is 12.1 Å². The molecule has 2 rings (SSSR count). The molecular weight excluding hydrogens is 269 g/mol. The molecule has 1 heterocycles. The van der Waals surface area contributed by atoms with Gasteiger partial charge in [-0.15, -0.1) is 0 Å². The lowest BCUT2D eigenvalue weighted by atomic mass is 9.76. The molecule has 0 aromatic heterocycles. The van der Waals surface area contributed by atoms with E-state index < -0.39 is 24.1 Å². The van der Waals surface area contributed by atoms with Crippen molar-refractivity contribution in [2.45, 2.75) is 38.9 Å². The van der Waals surface area contributed by atoms with E-state index in [1.54, 1.807) is 0 Å². The van der Waals surface area contributed by atoms with Gasteiger partial charge in [0.2, 0.25) is 0 Å². The van der Waals surface area contributed by atoms with Gasteiger partial charge in [0.05, 0.1) is 11.2 Å². The van der Waals surface area contributed by atoms with E-state index in [1.165, 1.54) is 6.07 Å². The van der Waals surface area contributed by atoms with Crippen molar-refractivity contribution in [2.75, 3.05) is 0 Å². The van der Waals surface area contributed by atoms with Crippen LogP contribution in [0.25, 0.3) is 0 Å². The number of rotatable bonds is 2. The highest BCUT2D eigenvalue weighted by Crippen LogP contribution is 2.36. The molecule has 1 aromatic carbocycles. The minimum Gasteiger partial charge on any atom is -0.399 e. The van der Waals surface area contributed by atoms with Gasteiger partial charge in [-0.05, 0) is 45.3 Å². The van der Waals surface area contributed by atoms with Crippen LogP contribution in [0.3, 0.4) is 0 Å². The molecule has 1 aliphatic heterocycles. The maximum Gasteiger partial charge on any atom is 0.495 e. The van der Waals surface area contributed by atoms with Gasteiger partial charge < -0.3 is 9.31 Å². The maximum atomic E-state index is 13.7. The molecule has 0 spiro atoms. The number of benzene rings is 1. The van der Waals surface area contributed by atoms with Gasteiger partial charge in [-0.25, -0.2) is 4.39 Å². The Morgan fingerprint density at radius 1 is 1.21 bits per heavy atom. The summed E-state index contributed by atoms with van der Waals surface area (Å²) < 4.78 is 25.3. The van der Waals surface area contributed by atoms with Gasteiger partial charge in [-0.3, -0.25) is 4.79 Å². The monoisotopic (exact) mass is 284 g/mol. The quantitative estimate of drug-likeness (QED) is 0.618. The fourth-order valence-electron chi connectivity index (χ4n) is 1.89. The van der Waals surface area contributed by atoms with Crippen molar-refractivity contribution in [1.82, 2.24) is 0 Å². The van der Waals surface area contributed by atoms with Crippen molar-refractivity contribution < 1.29 is 18.5 Å². The molecule has 102 valence electrons. The Morgan fingerprint density at radius 2 is 1.74 bits per heavy atom. The number of carbonyl (C=O) groups is 1. The van der Waals surface area contributed by atoms with E-state index in [0.717, 1.165) is 6.07 Å². The standard InChI is InChI=1S/C13H15BClFO3/c1-12(2)13(3,4)19-14(18-12)10-5-8(15)6-11(16)9(10)7-17/h5-7H,1-4H3. The molecule has 19 heavy (non-hydrogen) atoms. The van der Waals surface area contributed by atoms with E-state index in [1.807, 2.05) is 27.7 Å². The highest BCUT2D eigenvalue weighted by atomic mass is 35.5. The molecule has 0 amide bonds. The summed E-state index contributed by atoms with van der Waals surface area (Å²) >= 11 is 5.83. The molecule has 1 fully saturated rings. The second-order valence-electron chi connectivity index (χ2n) is 5.60. The Labute approximate surface area is 117 Å². The zero-order valence-corrected chi connectivity index (χ0v) is 12.0. The third-order valence-electron chi connectivity index (χ3n) is 3.75. The normalized spacial score (nSPS) is 20.6. The van der Waals surface area contributed by atoms with E-state index in [4.69, 9.17) is 20.9 Å². The molecule has 1 saturated heterocycles. The van der Waals surface area contributed by atoms with E-state index in [0.29, 0.717) is 11.7 Å². The van der Waals surface area contributed by atoms with Crippen LogP contribution in [0.5, 0.6) is 0 Å². The average Bonchev–Trinajstić information content (AvgIpc) is 2.47. The van der Waals surface area contributed by atoms with Crippen molar-refractivity contribution in [1.29, 1.82) is 0 Å². The Hall–Kier alpha value is -0.905. The largest absolute Gasteiger partial charge is 0.495 e. The van der Waals surface area contributed by atoms with Gasteiger partial charge >= 0.3 is 7.12 Å². The van der Waals surface area contributed by atoms with E-state index >= 15 is 0 Å². The molecule has 1 aliphatic rings. The molecule has 0 bridgehead atoms. The number of hydrogen-bond acceptors (Lipinski definition) is 3. The smallest absolute Gasteiger partial charge is 0.399 e. The highest BCUT2D eigenvalue weighted by molar-refractivity contribution is 6.63. The summed E-state index contributed by atoms with van der Waals surface area (Å²) in [5, 5.41) is 0.202. The average molecular weight is 285 g/mol. The van der Waals surface area contributed by atoms with Gasteiger partial charge in [0.15, 0.2) is 6.29 Å². The summed E-state index contributed by atoms with van der Waals surface area (Å²) in [6.07, 6.45) is 0.450. The third kappa shape index (κ3) is 2.42. The van der Waals surface area contributed by atoms with E-state index in [-0.39, 0.29) is 10.6 Å². The van der Waals surface area contributed by atoms with Gasteiger partial charge in [0, 0.05) is 10.6 Å². The molecule has 6 heteroatoms. The topological polar surface area (TPSA) is 35.5 Å². The summed E-state index contributed by atoms with van der Waals surface area (Å²) in [5.41, 5.74) is -0.880. The predicted octanol–water partition coefficient (Wildman–Crippen LogP) is 2.59. The Kier molecular flexibility index (Phi) is 3.50. The van der Waals surface area contributed by atoms with Crippen LogP contribution < -0.4 is 5.46 Å². The van der Waals surface area contributed by atoms with Gasteiger partial charge in [-0.2, -0.15) is 0 Å². The van der Waals surface area contributed by atoms with Crippen LogP contribution in [0.4, 0.5) is 4.39 Å². The summed E-state index contributed by atoms with van der Waals surface area (Å²) in [4.78, 5) is 11.0. The van der Waals surface area contributed by atoms with Crippen LogP contribution in [0.2, 0.25) is 5.02 Å². The first-order valence-corrected chi connectivity index (χ1v) is 6.35. The van der Waals surface area contributed by atoms with E-state index in [9.17, 15) is 9.18 Å². The Balaban J connectivity index is 2.47. The first kappa shape index (κ1) is 14.5. The van der Waals surface area contributed by atoms with Crippen molar-refractivity contribution >= 4 is 30.5 Å². The van der Waals surface area contributed by atoms with Crippen LogP contribution in [0.1, 0.15) is 38.1 Å². The summed E-state index contributed by atoms with van der Waals surface area (Å²) in [6.45, 7) is 7.53. The molecule has 0 unspecified atom stereocenters. The molecule has 0 atom stereocenters. The SMILES string of the molecule is CC1(C)OB(c2cc(Cl)cc(F)c2C=O)OC1(C)C. The second kappa shape index (κ2) is 4.58. The zero-order valence-electron chi connectivity index (χ0n) is 11.3. The fraction of sp³-hybridized carbons (Fsp3) is 0.462.